The summed E-state index contributed by atoms with van der Waals surface area (Å²) in [6.45, 7) is 5.33. The molecule has 1 N–H and O–H groups in total. The molecular formula is C11H19N3O3. The summed E-state index contributed by atoms with van der Waals surface area (Å²) in [7, 11) is 0. The van der Waals surface area contributed by atoms with Gasteiger partial charge in [0, 0.05) is 13.0 Å². The molecule has 1 aromatic rings. The van der Waals surface area contributed by atoms with E-state index in [0.717, 1.165) is 12.8 Å². The maximum Gasteiger partial charge on any atom is 0.307 e. The van der Waals surface area contributed by atoms with Gasteiger partial charge in [-0.3, -0.25) is 4.79 Å². The maximum atomic E-state index is 11.0. The highest BCUT2D eigenvalue weighted by Crippen LogP contribution is 2.00. The largest absolute Gasteiger partial charge is 0.466 e. The number of nitrogens with zero attached hydrogens (tertiary/aromatic N) is 2. The highest BCUT2D eigenvalue weighted by atomic mass is 16.5. The van der Waals surface area contributed by atoms with E-state index in [1.54, 1.807) is 6.92 Å². The van der Waals surface area contributed by atoms with Crippen LogP contribution < -0.4 is 5.32 Å². The third-order valence-corrected chi connectivity index (χ3v) is 2.07. The second-order valence-corrected chi connectivity index (χ2v) is 3.59. The minimum Gasteiger partial charge on any atom is -0.466 e. The molecule has 1 heterocycles. The van der Waals surface area contributed by atoms with Crippen molar-refractivity contribution in [3.05, 3.63) is 11.7 Å². The number of rotatable bonds is 8. The van der Waals surface area contributed by atoms with Crippen molar-refractivity contribution in [2.24, 2.45) is 0 Å². The van der Waals surface area contributed by atoms with Crippen LogP contribution in [-0.2, 0) is 22.5 Å². The van der Waals surface area contributed by atoms with Crippen LogP contribution >= 0.6 is 0 Å². The van der Waals surface area contributed by atoms with Crippen molar-refractivity contribution >= 4 is 5.97 Å². The first-order valence-corrected chi connectivity index (χ1v) is 5.94. The van der Waals surface area contributed by atoms with Gasteiger partial charge >= 0.3 is 5.97 Å². The van der Waals surface area contributed by atoms with Crippen LogP contribution in [0, 0.1) is 0 Å². The molecule has 0 saturated carbocycles. The highest BCUT2D eigenvalue weighted by Gasteiger charge is 2.05. The Hall–Kier alpha value is -1.43. The number of hydrogen-bond donors (Lipinski definition) is 1. The molecule has 6 nitrogen and oxygen atoms in total. The third-order valence-electron chi connectivity index (χ3n) is 2.07. The standard InChI is InChI=1S/C11H19N3O3/c1-3-5-10-13-9(14-17-10)8-12-7-6-11(15)16-4-2/h12H,3-8H2,1-2H3. The number of esters is 1. The van der Waals surface area contributed by atoms with Crippen molar-refractivity contribution in [2.45, 2.75) is 39.7 Å². The van der Waals surface area contributed by atoms with Crippen LogP contribution in [-0.4, -0.2) is 29.3 Å². The van der Waals surface area contributed by atoms with Crippen molar-refractivity contribution in [1.82, 2.24) is 15.5 Å². The second kappa shape index (κ2) is 7.78. The van der Waals surface area contributed by atoms with E-state index in [1.807, 2.05) is 0 Å². The van der Waals surface area contributed by atoms with E-state index >= 15 is 0 Å². The molecule has 0 saturated heterocycles. The summed E-state index contributed by atoms with van der Waals surface area (Å²) in [5.41, 5.74) is 0. The maximum absolute atomic E-state index is 11.0. The van der Waals surface area contributed by atoms with Crippen LogP contribution in [0.4, 0.5) is 0 Å². The van der Waals surface area contributed by atoms with Gasteiger partial charge in [0.1, 0.15) is 0 Å². The fourth-order valence-corrected chi connectivity index (χ4v) is 1.30. The van der Waals surface area contributed by atoms with Crippen molar-refractivity contribution < 1.29 is 14.1 Å². The van der Waals surface area contributed by atoms with Crippen LogP contribution in [0.2, 0.25) is 0 Å². The van der Waals surface area contributed by atoms with E-state index < -0.39 is 0 Å². The Morgan fingerprint density at radius 3 is 3.00 bits per heavy atom. The van der Waals surface area contributed by atoms with Crippen molar-refractivity contribution in [3.63, 3.8) is 0 Å². The van der Waals surface area contributed by atoms with Gasteiger partial charge < -0.3 is 14.6 Å². The third kappa shape index (κ3) is 5.44. The molecule has 0 aliphatic heterocycles. The van der Waals surface area contributed by atoms with Gasteiger partial charge in [-0.05, 0) is 13.3 Å². The second-order valence-electron chi connectivity index (χ2n) is 3.59. The molecule has 6 heteroatoms. The molecule has 0 aliphatic rings. The zero-order valence-electron chi connectivity index (χ0n) is 10.4. The first-order chi connectivity index (χ1) is 8.26. The molecule has 0 unspecified atom stereocenters. The van der Waals surface area contributed by atoms with E-state index in [4.69, 9.17) is 9.26 Å². The van der Waals surface area contributed by atoms with E-state index in [-0.39, 0.29) is 5.97 Å². The molecule has 96 valence electrons. The van der Waals surface area contributed by atoms with Crippen LogP contribution in [0.1, 0.15) is 38.4 Å². The predicted molar refractivity (Wildman–Crippen MR) is 61.2 cm³/mol. The number of carbonyl (C=O) groups is 1. The predicted octanol–water partition coefficient (Wildman–Crippen LogP) is 1.06. The lowest BCUT2D eigenvalue weighted by atomic mass is 10.3. The summed E-state index contributed by atoms with van der Waals surface area (Å²) in [6, 6.07) is 0. The first kappa shape index (κ1) is 13.6. The Labute approximate surface area is 101 Å². The van der Waals surface area contributed by atoms with Crippen LogP contribution in [0.3, 0.4) is 0 Å². The number of aryl methyl sites for hydroxylation is 1. The monoisotopic (exact) mass is 241 g/mol. The van der Waals surface area contributed by atoms with E-state index in [9.17, 15) is 4.79 Å². The quantitative estimate of drug-likeness (QED) is 0.542. The summed E-state index contributed by atoms with van der Waals surface area (Å²) >= 11 is 0. The molecule has 17 heavy (non-hydrogen) atoms. The SMILES string of the molecule is CCCc1nc(CNCCC(=O)OCC)no1. The van der Waals surface area contributed by atoms with Gasteiger partial charge in [-0.25, -0.2) is 0 Å². The molecule has 0 aliphatic carbocycles. The summed E-state index contributed by atoms with van der Waals surface area (Å²) in [6.07, 6.45) is 2.14. The Kier molecular flexibility index (Phi) is 6.24. The minimum absolute atomic E-state index is 0.195. The van der Waals surface area contributed by atoms with E-state index in [2.05, 4.69) is 22.4 Å². The lowest BCUT2D eigenvalue weighted by Crippen LogP contribution is -2.19. The summed E-state index contributed by atoms with van der Waals surface area (Å²) in [5, 5.41) is 6.88. The molecule has 0 spiro atoms. The minimum atomic E-state index is -0.195. The number of hydrogen-bond acceptors (Lipinski definition) is 6. The normalized spacial score (nSPS) is 10.5. The number of nitrogens with one attached hydrogen (secondary N) is 1. The fourth-order valence-electron chi connectivity index (χ4n) is 1.30. The summed E-state index contributed by atoms with van der Waals surface area (Å²) in [5.74, 6) is 1.09. The van der Waals surface area contributed by atoms with Crippen molar-refractivity contribution in [3.8, 4) is 0 Å². The van der Waals surface area contributed by atoms with Gasteiger partial charge in [0.05, 0.1) is 19.6 Å². The smallest absolute Gasteiger partial charge is 0.307 e. The van der Waals surface area contributed by atoms with E-state index in [0.29, 0.717) is 37.8 Å². The Balaban J connectivity index is 2.15. The molecule has 0 aromatic carbocycles. The average Bonchev–Trinajstić information content (AvgIpc) is 2.73. The lowest BCUT2D eigenvalue weighted by Gasteiger charge is -2.01. The van der Waals surface area contributed by atoms with Crippen LogP contribution in [0.15, 0.2) is 4.52 Å². The Morgan fingerprint density at radius 1 is 1.47 bits per heavy atom. The van der Waals surface area contributed by atoms with Gasteiger partial charge in [0.15, 0.2) is 5.82 Å². The Bertz CT molecular complexity index is 338. The molecule has 0 amide bonds. The van der Waals surface area contributed by atoms with Crippen molar-refractivity contribution in [1.29, 1.82) is 0 Å². The van der Waals surface area contributed by atoms with Gasteiger partial charge in [0.25, 0.3) is 0 Å². The topological polar surface area (TPSA) is 77.2 Å². The van der Waals surface area contributed by atoms with E-state index in [1.165, 1.54) is 0 Å². The number of carbonyl (C=O) groups excluding carboxylic acids is 1. The zero-order chi connectivity index (χ0) is 12.5. The molecule has 0 radical (unpaired) electrons. The molecular weight excluding hydrogens is 222 g/mol. The van der Waals surface area contributed by atoms with Gasteiger partial charge in [0.2, 0.25) is 5.89 Å². The number of aromatic nitrogens is 2. The summed E-state index contributed by atoms with van der Waals surface area (Å²) < 4.78 is 9.83. The van der Waals surface area contributed by atoms with Crippen LogP contribution in [0.5, 0.6) is 0 Å². The highest BCUT2D eigenvalue weighted by molar-refractivity contribution is 5.69. The molecule has 1 aromatic heterocycles. The zero-order valence-corrected chi connectivity index (χ0v) is 10.4. The molecule has 0 bridgehead atoms. The average molecular weight is 241 g/mol. The molecule has 0 fully saturated rings. The van der Waals surface area contributed by atoms with Crippen LogP contribution in [0.25, 0.3) is 0 Å². The van der Waals surface area contributed by atoms with Gasteiger partial charge in [-0.15, -0.1) is 0 Å². The van der Waals surface area contributed by atoms with Gasteiger partial charge in [-0.2, -0.15) is 4.98 Å². The molecule has 0 atom stereocenters. The summed E-state index contributed by atoms with van der Waals surface area (Å²) in [4.78, 5) is 15.2. The fraction of sp³-hybridized carbons (Fsp3) is 0.727. The lowest BCUT2D eigenvalue weighted by molar-refractivity contribution is -0.142. The Morgan fingerprint density at radius 2 is 2.29 bits per heavy atom. The first-order valence-electron chi connectivity index (χ1n) is 5.94. The van der Waals surface area contributed by atoms with Crippen molar-refractivity contribution in [2.75, 3.05) is 13.2 Å². The molecule has 1 rings (SSSR count). The van der Waals surface area contributed by atoms with Gasteiger partial charge in [-0.1, -0.05) is 12.1 Å². The number of ether oxygens (including phenoxy) is 1.